The standard InChI is InChI=1S/C11H18IN3O.ClH/c1-11(2,6-13)7-15(3)10(16)9-4-8(12)5-14-9;/h4-5,14H,6-7,13H2,1-3H3;1H. The summed E-state index contributed by atoms with van der Waals surface area (Å²) in [5, 5.41) is 0. The first-order chi connectivity index (χ1) is 7.35. The summed E-state index contributed by atoms with van der Waals surface area (Å²) in [6.45, 7) is 5.31. The number of aromatic nitrogens is 1. The minimum Gasteiger partial charge on any atom is -0.356 e. The first-order valence-corrected chi connectivity index (χ1v) is 6.23. The van der Waals surface area contributed by atoms with E-state index in [9.17, 15) is 4.79 Å². The largest absolute Gasteiger partial charge is 0.356 e. The van der Waals surface area contributed by atoms with Crippen LogP contribution >= 0.6 is 35.0 Å². The Morgan fingerprint density at radius 1 is 1.59 bits per heavy atom. The lowest BCUT2D eigenvalue weighted by Gasteiger charge is -2.28. The molecule has 1 amide bonds. The van der Waals surface area contributed by atoms with E-state index in [4.69, 9.17) is 5.73 Å². The molecule has 0 saturated carbocycles. The van der Waals surface area contributed by atoms with Gasteiger partial charge in [0.15, 0.2) is 0 Å². The average Bonchev–Trinajstić information content (AvgIpc) is 2.63. The molecule has 98 valence electrons. The van der Waals surface area contributed by atoms with Crippen LogP contribution in [-0.2, 0) is 0 Å². The molecule has 0 aromatic carbocycles. The molecule has 0 unspecified atom stereocenters. The van der Waals surface area contributed by atoms with Crippen LogP contribution in [0.25, 0.3) is 0 Å². The molecule has 1 aromatic rings. The van der Waals surface area contributed by atoms with Gasteiger partial charge in [-0.1, -0.05) is 13.8 Å². The van der Waals surface area contributed by atoms with E-state index < -0.39 is 0 Å². The third-order valence-corrected chi connectivity index (χ3v) is 3.07. The summed E-state index contributed by atoms with van der Waals surface area (Å²) in [6.07, 6.45) is 1.82. The van der Waals surface area contributed by atoms with Crippen LogP contribution in [0.5, 0.6) is 0 Å². The lowest BCUT2D eigenvalue weighted by Crippen LogP contribution is -2.39. The summed E-state index contributed by atoms with van der Waals surface area (Å²) in [4.78, 5) is 16.7. The van der Waals surface area contributed by atoms with E-state index in [0.717, 1.165) is 3.57 Å². The second kappa shape index (κ2) is 6.61. The van der Waals surface area contributed by atoms with E-state index >= 15 is 0 Å². The SMILES string of the molecule is CN(CC(C)(C)CN)C(=O)c1cc(I)c[nH]1.Cl. The maximum Gasteiger partial charge on any atom is 0.270 e. The Labute approximate surface area is 122 Å². The number of nitrogens with two attached hydrogens (primary N) is 1. The van der Waals surface area contributed by atoms with Crippen molar-refractivity contribution < 1.29 is 4.79 Å². The van der Waals surface area contributed by atoms with Crippen molar-refractivity contribution in [3.8, 4) is 0 Å². The maximum atomic E-state index is 12.0. The fourth-order valence-electron chi connectivity index (χ4n) is 1.48. The summed E-state index contributed by atoms with van der Waals surface area (Å²) < 4.78 is 1.03. The predicted molar refractivity (Wildman–Crippen MR) is 80.6 cm³/mol. The third-order valence-electron chi connectivity index (χ3n) is 2.44. The second-order valence-electron chi connectivity index (χ2n) is 4.76. The zero-order valence-electron chi connectivity index (χ0n) is 10.3. The number of halogens is 2. The van der Waals surface area contributed by atoms with Crippen molar-refractivity contribution in [2.45, 2.75) is 13.8 Å². The van der Waals surface area contributed by atoms with Crippen LogP contribution in [0.1, 0.15) is 24.3 Å². The Balaban J connectivity index is 0.00000256. The van der Waals surface area contributed by atoms with Crippen molar-refractivity contribution in [2.24, 2.45) is 11.1 Å². The van der Waals surface area contributed by atoms with Crippen LogP contribution in [0.2, 0.25) is 0 Å². The van der Waals surface area contributed by atoms with Crippen LogP contribution in [0.15, 0.2) is 12.3 Å². The molecule has 0 radical (unpaired) electrons. The molecule has 1 heterocycles. The second-order valence-corrected chi connectivity index (χ2v) is 6.01. The van der Waals surface area contributed by atoms with E-state index in [1.807, 2.05) is 12.3 Å². The molecule has 3 N–H and O–H groups in total. The summed E-state index contributed by atoms with van der Waals surface area (Å²) in [5.74, 6) is 0.00411. The molecule has 0 atom stereocenters. The van der Waals surface area contributed by atoms with E-state index in [1.54, 1.807) is 11.9 Å². The lowest BCUT2D eigenvalue weighted by molar-refractivity contribution is 0.0735. The first kappa shape index (κ1) is 16.7. The van der Waals surface area contributed by atoms with Crippen LogP contribution in [0.4, 0.5) is 0 Å². The van der Waals surface area contributed by atoms with Gasteiger partial charge in [-0.2, -0.15) is 0 Å². The van der Waals surface area contributed by atoms with Crippen LogP contribution in [0.3, 0.4) is 0 Å². The van der Waals surface area contributed by atoms with Gasteiger partial charge < -0.3 is 15.6 Å². The van der Waals surface area contributed by atoms with Crippen LogP contribution < -0.4 is 5.73 Å². The van der Waals surface area contributed by atoms with Crippen LogP contribution in [0, 0.1) is 8.99 Å². The fourth-order valence-corrected chi connectivity index (χ4v) is 1.94. The topological polar surface area (TPSA) is 62.1 Å². The molecule has 0 aliphatic carbocycles. The number of amides is 1. The van der Waals surface area contributed by atoms with Gasteiger partial charge in [0.2, 0.25) is 0 Å². The highest BCUT2D eigenvalue weighted by atomic mass is 127. The van der Waals surface area contributed by atoms with Crippen LogP contribution in [-0.4, -0.2) is 35.9 Å². The number of carbonyl (C=O) groups is 1. The molecule has 0 fully saturated rings. The normalized spacial score (nSPS) is 10.9. The monoisotopic (exact) mass is 371 g/mol. The van der Waals surface area contributed by atoms with Crippen molar-refractivity contribution in [1.29, 1.82) is 0 Å². The highest BCUT2D eigenvalue weighted by Crippen LogP contribution is 2.16. The van der Waals surface area contributed by atoms with Crippen molar-refractivity contribution in [2.75, 3.05) is 20.1 Å². The molecule has 4 nitrogen and oxygen atoms in total. The molecule has 0 saturated heterocycles. The Bertz CT molecular complexity index is 379. The van der Waals surface area contributed by atoms with Gasteiger partial charge in [-0.3, -0.25) is 4.79 Å². The molecule has 0 aliphatic heterocycles. The number of nitrogens with zero attached hydrogens (tertiary/aromatic N) is 1. The molecule has 0 bridgehead atoms. The molecular formula is C11H19ClIN3O. The fraction of sp³-hybridized carbons (Fsp3) is 0.545. The molecule has 0 aliphatic rings. The Morgan fingerprint density at radius 3 is 2.59 bits per heavy atom. The number of aromatic amines is 1. The zero-order valence-corrected chi connectivity index (χ0v) is 13.3. The van der Waals surface area contributed by atoms with Crippen molar-refractivity contribution in [3.63, 3.8) is 0 Å². The van der Waals surface area contributed by atoms with E-state index in [0.29, 0.717) is 18.8 Å². The lowest BCUT2D eigenvalue weighted by atomic mass is 9.93. The molecule has 0 spiro atoms. The summed E-state index contributed by atoms with van der Waals surface area (Å²) in [5.41, 5.74) is 6.22. The van der Waals surface area contributed by atoms with E-state index in [-0.39, 0.29) is 23.7 Å². The van der Waals surface area contributed by atoms with Crippen molar-refractivity contribution in [1.82, 2.24) is 9.88 Å². The molecular weight excluding hydrogens is 352 g/mol. The van der Waals surface area contributed by atoms with Gasteiger partial charge in [-0.25, -0.2) is 0 Å². The quantitative estimate of drug-likeness (QED) is 0.796. The number of hydrogen-bond acceptors (Lipinski definition) is 2. The van der Waals surface area contributed by atoms with Gasteiger partial charge in [0.1, 0.15) is 5.69 Å². The Kier molecular flexibility index (Phi) is 6.50. The van der Waals surface area contributed by atoms with Crippen molar-refractivity contribution >= 4 is 40.9 Å². The number of nitrogens with one attached hydrogen (secondary N) is 1. The Morgan fingerprint density at radius 2 is 2.18 bits per heavy atom. The van der Waals surface area contributed by atoms with Gasteiger partial charge in [0.25, 0.3) is 5.91 Å². The number of hydrogen-bond donors (Lipinski definition) is 2. The summed E-state index contributed by atoms with van der Waals surface area (Å²) in [6, 6.07) is 1.84. The highest BCUT2D eigenvalue weighted by molar-refractivity contribution is 14.1. The minimum absolute atomic E-state index is 0. The van der Waals surface area contributed by atoms with Gasteiger partial charge in [0, 0.05) is 23.4 Å². The zero-order chi connectivity index (χ0) is 12.3. The first-order valence-electron chi connectivity index (χ1n) is 5.15. The highest BCUT2D eigenvalue weighted by Gasteiger charge is 2.22. The molecule has 1 aromatic heterocycles. The van der Waals surface area contributed by atoms with Gasteiger partial charge >= 0.3 is 0 Å². The average molecular weight is 372 g/mol. The third kappa shape index (κ3) is 4.85. The molecule has 17 heavy (non-hydrogen) atoms. The Hall–Kier alpha value is -0.270. The van der Waals surface area contributed by atoms with E-state index in [1.165, 1.54) is 0 Å². The smallest absolute Gasteiger partial charge is 0.270 e. The van der Waals surface area contributed by atoms with Crippen molar-refractivity contribution in [3.05, 3.63) is 21.5 Å². The minimum atomic E-state index is -0.0514. The number of carbonyl (C=O) groups excluding carboxylic acids is 1. The number of H-pyrrole nitrogens is 1. The van der Waals surface area contributed by atoms with Gasteiger partial charge in [-0.05, 0) is 40.6 Å². The number of rotatable bonds is 4. The molecule has 6 heteroatoms. The van der Waals surface area contributed by atoms with Gasteiger partial charge in [-0.15, -0.1) is 12.4 Å². The maximum absolute atomic E-state index is 12.0. The predicted octanol–water partition coefficient (Wildman–Crippen LogP) is 2.10. The van der Waals surface area contributed by atoms with Gasteiger partial charge in [0.05, 0.1) is 0 Å². The summed E-state index contributed by atoms with van der Waals surface area (Å²) >= 11 is 2.17. The van der Waals surface area contributed by atoms with E-state index in [2.05, 4.69) is 41.4 Å². The summed E-state index contributed by atoms with van der Waals surface area (Å²) in [7, 11) is 1.80. The molecule has 1 rings (SSSR count).